The SMILES string of the molecule is CNC1CCN(C(=O)C2CCCOC2)CC1. The number of ether oxygens (including phenoxy) is 1. The van der Waals surface area contributed by atoms with Crippen molar-refractivity contribution in [2.75, 3.05) is 33.4 Å². The van der Waals surface area contributed by atoms with Crippen molar-refractivity contribution in [2.45, 2.75) is 31.7 Å². The second kappa shape index (κ2) is 5.64. The Morgan fingerprint density at radius 3 is 2.62 bits per heavy atom. The van der Waals surface area contributed by atoms with Gasteiger partial charge in [0.25, 0.3) is 0 Å². The van der Waals surface area contributed by atoms with E-state index in [2.05, 4.69) is 5.32 Å². The molecule has 1 amide bonds. The van der Waals surface area contributed by atoms with Crippen molar-refractivity contribution in [3.63, 3.8) is 0 Å². The molecular weight excluding hydrogens is 204 g/mol. The van der Waals surface area contributed by atoms with Gasteiger partial charge in [0, 0.05) is 25.7 Å². The molecule has 1 atom stereocenters. The number of rotatable bonds is 2. The van der Waals surface area contributed by atoms with E-state index in [-0.39, 0.29) is 5.92 Å². The van der Waals surface area contributed by atoms with Gasteiger partial charge in [-0.05, 0) is 32.7 Å². The monoisotopic (exact) mass is 226 g/mol. The number of amides is 1. The van der Waals surface area contributed by atoms with Crippen molar-refractivity contribution in [1.29, 1.82) is 0 Å². The van der Waals surface area contributed by atoms with Crippen molar-refractivity contribution in [3.05, 3.63) is 0 Å². The quantitative estimate of drug-likeness (QED) is 0.750. The Balaban J connectivity index is 1.81. The van der Waals surface area contributed by atoms with Crippen LogP contribution in [0.1, 0.15) is 25.7 Å². The van der Waals surface area contributed by atoms with Crippen LogP contribution in [0.3, 0.4) is 0 Å². The fraction of sp³-hybridized carbons (Fsp3) is 0.917. The third-order valence-corrected chi connectivity index (χ3v) is 3.72. The minimum absolute atomic E-state index is 0.125. The van der Waals surface area contributed by atoms with Gasteiger partial charge in [0.1, 0.15) is 0 Å². The molecule has 0 bridgehead atoms. The predicted molar refractivity (Wildman–Crippen MR) is 62.2 cm³/mol. The highest BCUT2D eigenvalue weighted by Gasteiger charge is 2.28. The Labute approximate surface area is 97.3 Å². The molecule has 2 rings (SSSR count). The average Bonchev–Trinajstić information content (AvgIpc) is 2.39. The maximum Gasteiger partial charge on any atom is 0.228 e. The van der Waals surface area contributed by atoms with Crippen molar-refractivity contribution in [2.24, 2.45) is 5.92 Å². The third kappa shape index (κ3) is 2.74. The van der Waals surface area contributed by atoms with Gasteiger partial charge in [-0.25, -0.2) is 0 Å². The molecule has 0 radical (unpaired) electrons. The number of likely N-dealkylation sites (tertiary alicyclic amines) is 1. The maximum atomic E-state index is 12.2. The number of nitrogens with zero attached hydrogens (tertiary/aromatic N) is 1. The molecule has 1 unspecified atom stereocenters. The summed E-state index contributed by atoms with van der Waals surface area (Å²) in [4.78, 5) is 14.2. The van der Waals surface area contributed by atoms with Gasteiger partial charge in [-0.2, -0.15) is 0 Å². The van der Waals surface area contributed by atoms with Crippen LogP contribution in [0.2, 0.25) is 0 Å². The highest BCUT2D eigenvalue weighted by atomic mass is 16.5. The fourth-order valence-corrected chi connectivity index (χ4v) is 2.58. The first kappa shape index (κ1) is 11.9. The van der Waals surface area contributed by atoms with E-state index >= 15 is 0 Å². The summed E-state index contributed by atoms with van der Waals surface area (Å²) in [5, 5.41) is 3.28. The average molecular weight is 226 g/mol. The molecule has 4 nitrogen and oxygen atoms in total. The second-order valence-corrected chi connectivity index (χ2v) is 4.80. The lowest BCUT2D eigenvalue weighted by molar-refractivity contribution is -0.140. The molecule has 2 aliphatic heterocycles. The van der Waals surface area contributed by atoms with Gasteiger partial charge in [0.15, 0.2) is 0 Å². The molecule has 0 aromatic carbocycles. The van der Waals surface area contributed by atoms with Crippen molar-refractivity contribution in [1.82, 2.24) is 10.2 Å². The summed E-state index contributed by atoms with van der Waals surface area (Å²) < 4.78 is 5.38. The van der Waals surface area contributed by atoms with E-state index in [1.165, 1.54) is 0 Å². The molecule has 2 fully saturated rings. The molecule has 0 aromatic heterocycles. The lowest BCUT2D eigenvalue weighted by atomic mass is 9.98. The summed E-state index contributed by atoms with van der Waals surface area (Å²) in [6.45, 7) is 3.26. The molecule has 16 heavy (non-hydrogen) atoms. The molecule has 1 N–H and O–H groups in total. The molecule has 0 saturated carbocycles. The number of carbonyl (C=O) groups is 1. The number of hydrogen-bond acceptors (Lipinski definition) is 3. The molecule has 2 aliphatic rings. The molecule has 0 aromatic rings. The van der Waals surface area contributed by atoms with Gasteiger partial charge in [-0.1, -0.05) is 0 Å². The number of carbonyl (C=O) groups excluding carboxylic acids is 1. The van der Waals surface area contributed by atoms with Crippen LogP contribution in [0, 0.1) is 5.92 Å². The van der Waals surface area contributed by atoms with E-state index < -0.39 is 0 Å². The normalized spacial score (nSPS) is 28.1. The van der Waals surface area contributed by atoms with Crippen LogP contribution in [0.5, 0.6) is 0 Å². The first-order chi connectivity index (χ1) is 7.81. The molecule has 4 heteroatoms. The van der Waals surface area contributed by atoms with E-state index in [1.54, 1.807) is 0 Å². The van der Waals surface area contributed by atoms with Crippen LogP contribution in [0.25, 0.3) is 0 Å². The van der Waals surface area contributed by atoms with Crippen LogP contribution in [-0.4, -0.2) is 50.2 Å². The Hall–Kier alpha value is -0.610. The van der Waals surface area contributed by atoms with Crippen molar-refractivity contribution < 1.29 is 9.53 Å². The molecule has 92 valence electrons. The predicted octanol–water partition coefficient (Wildman–Crippen LogP) is 0.623. The van der Waals surface area contributed by atoms with E-state index in [1.807, 2.05) is 11.9 Å². The smallest absolute Gasteiger partial charge is 0.228 e. The Kier molecular flexibility index (Phi) is 4.18. The second-order valence-electron chi connectivity index (χ2n) is 4.80. The van der Waals surface area contributed by atoms with E-state index in [9.17, 15) is 4.79 Å². The summed E-state index contributed by atoms with van der Waals surface area (Å²) in [6, 6.07) is 0.589. The highest BCUT2D eigenvalue weighted by molar-refractivity contribution is 5.79. The van der Waals surface area contributed by atoms with Gasteiger partial charge < -0.3 is 15.0 Å². The summed E-state index contributed by atoms with van der Waals surface area (Å²) in [5.41, 5.74) is 0. The summed E-state index contributed by atoms with van der Waals surface area (Å²) >= 11 is 0. The van der Waals surface area contributed by atoms with E-state index in [4.69, 9.17) is 4.74 Å². The number of piperidine rings is 1. The lowest BCUT2D eigenvalue weighted by Crippen LogP contribution is -2.47. The van der Waals surface area contributed by atoms with Crippen molar-refractivity contribution >= 4 is 5.91 Å². The van der Waals surface area contributed by atoms with Crippen LogP contribution >= 0.6 is 0 Å². The van der Waals surface area contributed by atoms with Gasteiger partial charge in [0.2, 0.25) is 5.91 Å². The van der Waals surface area contributed by atoms with Gasteiger partial charge in [-0.3, -0.25) is 4.79 Å². The fourth-order valence-electron chi connectivity index (χ4n) is 2.58. The van der Waals surface area contributed by atoms with Gasteiger partial charge in [-0.15, -0.1) is 0 Å². The zero-order chi connectivity index (χ0) is 11.4. The lowest BCUT2D eigenvalue weighted by Gasteiger charge is -2.35. The first-order valence-corrected chi connectivity index (χ1v) is 6.35. The van der Waals surface area contributed by atoms with Gasteiger partial charge in [0.05, 0.1) is 12.5 Å². The summed E-state index contributed by atoms with van der Waals surface area (Å²) in [6.07, 6.45) is 4.19. The Bertz CT molecular complexity index is 231. The highest BCUT2D eigenvalue weighted by Crippen LogP contribution is 2.19. The van der Waals surface area contributed by atoms with Crippen molar-refractivity contribution in [3.8, 4) is 0 Å². The van der Waals surface area contributed by atoms with E-state index in [0.29, 0.717) is 18.6 Å². The summed E-state index contributed by atoms with van der Waals surface area (Å²) in [5.74, 6) is 0.439. The number of nitrogens with one attached hydrogen (secondary N) is 1. The van der Waals surface area contributed by atoms with Crippen LogP contribution in [-0.2, 0) is 9.53 Å². The zero-order valence-electron chi connectivity index (χ0n) is 10.1. The molecule has 2 saturated heterocycles. The zero-order valence-corrected chi connectivity index (χ0v) is 10.1. The summed E-state index contributed by atoms with van der Waals surface area (Å²) in [7, 11) is 2.00. The largest absolute Gasteiger partial charge is 0.381 e. The van der Waals surface area contributed by atoms with E-state index in [0.717, 1.165) is 45.4 Å². The molecule has 0 aliphatic carbocycles. The number of hydrogen-bond donors (Lipinski definition) is 1. The minimum Gasteiger partial charge on any atom is -0.381 e. The van der Waals surface area contributed by atoms with Crippen LogP contribution < -0.4 is 5.32 Å². The molecule has 0 spiro atoms. The molecule has 2 heterocycles. The first-order valence-electron chi connectivity index (χ1n) is 6.35. The molecular formula is C12H22N2O2. The van der Waals surface area contributed by atoms with Crippen LogP contribution in [0.15, 0.2) is 0 Å². The van der Waals surface area contributed by atoms with Gasteiger partial charge >= 0.3 is 0 Å². The Morgan fingerprint density at radius 2 is 2.06 bits per heavy atom. The standard InChI is InChI=1S/C12H22N2O2/c1-13-11-4-6-14(7-5-11)12(15)10-3-2-8-16-9-10/h10-11,13H,2-9H2,1H3. The Morgan fingerprint density at radius 1 is 1.31 bits per heavy atom. The maximum absolute atomic E-state index is 12.2. The minimum atomic E-state index is 0.125. The third-order valence-electron chi connectivity index (χ3n) is 3.72. The topological polar surface area (TPSA) is 41.6 Å². The van der Waals surface area contributed by atoms with Crippen LogP contribution in [0.4, 0.5) is 0 Å².